The van der Waals surface area contributed by atoms with Gasteiger partial charge in [0.05, 0.1) is 0 Å². The molecule has 0 radical (unpaired) electrons. The van der Waals surface area contributed by atoms with E-state index in [4.69, 9.17) is 8.83 Å². The van der Waals surface area contributed by atoms with E-state index >= 15 is 0 Å². The average molecular weight is 703 g/mol. The lowest BCUT2D eigenvalue weighted by Crippen LogP contribution is -2.14. The minimum absolute atomic E-state index is 0.0774. The Morgan fingerprint density at radius 3 is 1.40 bits per heavy atom. The van der Waals surface area contributed by atoms with Crippen molar-refractivity contribution in [1.29, 1.82) is 0 Å². The standard InChI is InChI=1S/C53H34O2/c1-53(2)45-16-8-5-11-35(45)36-23-19-32(30-46(36)53)31-20-24-41-44(27-31)52(34-22-26-50-43(29-34)38-13-7-10-18-48(38)55-50)40-15-4-3-14-39(40)51(41)33-21-25-49-42(28-33)37-12-6-9-17-47(37)54-49/h3-30H,1-2H3. The van der Waals surface area contributed by atoms with E-state index in [9.17, 15) is 0 Å². The van der Waals surface area contributed by atoms with E-state index in [1.807, 2.05) is 12.1 Å². The van der Waals surface area contributed by atoms with E-state index in [-0.39, 0.29) is 5.41 Å². The second kappa shape index (κ2) is 11.1. The number of hydrogen-bond acceptors (Lipinski definition) is 2. The van der Waals surface area contributed by atoms with Gasteiger partial charge in [-0.25, -0.2) is 0 Å². The molecule has 55 heavy (non-hydrogen) atoms. The largest absolute Gasteiger partial charge is 0.456 e. The molecule has 0 saturated heterocycles. The van der Waals surface area contributed by atoms with Gasteiger partial charge in [-0.2, -0.15) is 0 Å². The fourth-order valence-corrected chi connectivity index (χ4v) is 9.63. The molecular weight excluding hydrogens is 669 g/mol. The lowest BCUT2D eigenvalue weighted by Gasteiger charge is -2.22. The van der Waals surface area contributed by atoms with Crippen LogP contribution in [-0.2, 0) is 5.41 Å². The first-order valence-electron chi connectivity index (χ1n) is 19.1. The lowest BCUT2D eigenvalue weighted by atomic mass is 9.81. The zero-order chi connectivity index (χ0) is 36.4. The number of benzene rings is 9. The molecule has 1 aliphatic rings. The smallest absolute Gasteiger partial charge is 0.135 e. The molecular formula is C53H34O2. The fourth-order valence-electron chi connectivity index (χ4n) is 9.63. The number of fused-ring (bicyclic) bond motifs is 11. The van der Waals surface area contributed by atoms with Crippen LogP contribution in [0.5, 0.6) is 0 Å². The van der Waals surface area contributed by atoms with Crippen molar-refractivity contribution in [2.24, 2.45) is 0 Å². The van der Waals surface area contributed by atoms with Crippen LogP contribution >= 0.6 is 0 Å². The highest BCUT2D eigenvalue weighted by molar-refractivity contribution is 6.23. The summed E-state index contributed by atoms with van der Waals surface area (Å²) in [5.74, 6) is 0. The first-order chi connectivity index (χ1) is 27.0. The zero-order valence-corrected chi connectivity index (χ0v) is 30.5. The summed E-state index contributed by atoms with van der Waals surface area (Å²) in [5.41, 5.74) is 16.2. The van der Waals surface area contributed by atoms with Gasteiger partial charge in [0.2, 0.25) is 0 Å². The van der Waals surface area contributed by atoms with Gasteiger partial charge in [0.15, 0.2) is 0 Å². The summed E-state index contributed by atoms with van der Waals surface area (Å²) in [6.07, 6.45) is 0. The quantitative estimate of drug-likeness (QED) is 0.171. The molecule has 0 fully saturated rings. The van der Waals surface area contributed by atoms with Crippen LogP contribution in [-0.4, -0.2) is 0 Å². The summed E-state index contributed by atoms with van der Waals surface area (Å²) < 4.78 is 12.6. The maximum atomic E-state index is 6.30. The number of furan rings is 2. The van der Waals surface area contributed by atoms with Crippen LogP contribution in [0.15, 0.2) is 179 Å². The predicted molar refractivity (Wildman–Crippen MR) is 230 cm³/mol. The molecule has 0 N–H and O–H groups in total. The van der Waals surface area contributed by atoms with E-state index in [2.05, 4.69) is 172 Å². The van der Waals surface area contributed by atoms with Crippen LogP contribution in [0, 0.1) is 0 Å². The summed E-state index contributed by atoms with van der Waals surface area (Å²) in [5, 5.41) is 9.40. The monoisotopic (exact) mass is 702 g/mol. The second-order valence-corrected chi connectivity index (χ2v) is 15.6. The third-order valence-electron chi connectivity index (χ3n) is 12.3. The van der Waals surface area contributed by atoms with Gasteiger partial charge < -0.3 is 8.83 Å². The molecule has 2 aromatic heterocycles. The molecule has 0 bridgehead atoms. The molecule has 258 valence electrons. The van der Waals surface area contributed by atoms with Crippen molar-refractivity contribution in [3.05, 3.63) is 181 Å². The number of para-hydroxylation sites is 2. The lowest BCUT2D eigenvalue weighted by molar-refractivity contribution is 0.660. The van der Waals surface area contributed by atoms with Crippen LogP contribution < -0.4 is 0 Å². The molecule has 0 atom stereocenters. The molecule has 2 heteroatoms. The molecule has 0 saturated carbocycles. The van der Waals surface area contributed by atoms with Gasteiger partial charge in [0, 0.05) is 27.0 Å². The summed E-state index contributed by atoms with van der Waals surface area (Å²) in [6, 6.07) is 62.0. The van der Waals surface area contributed by atoms with Gasteiger partial charge >= 0.3 is 0 Å². The maximum Gasteiger partial charge on any atom is 0.135 e. The van der Waals surface area contributed by atoms with Gasteiger partial charge in [-0.3, -0.25) is 0 Å². The normalized spacial score (nSPS) is 13.4. The first-order valence-corrected chi connectivity index (χ1v) is 19.1. The molecule has 11 aromatic rings. The SMILES string of the molecule is CC1(C)c2ccccc2-c2ccc(-c3ccc4c(-c5ccc6oc7ccccc7c6c5)c5ccccc5c(-c5ccc6oc7ccccc7c6c5)c4c3)cc21. The Morgan fingerprint density at radius 1 is 0.309 bits per heavy atom. The average Bonchev–Trinajstić information content (AvgIpc) is 3.86. The van der Waals surface area contributed by atoms with Crippen LogP contribution in [0.3, 0.4) is 0 Å². The Kier molecular flexibility index (Phi) is 6.15. The highest BCUT2D eigenvalue weighted by Gasteiger charge is 2.35. The van der Waals surface area contributed by atoms with Crippen LogP contribution in [0.25, 0.3) is 110 Å². The summed E-state index contributed by atoms with van der Waals surface area (Å²) in [4.78, 5) is 0. The maximum absolute atomic E-state index is 6.30. The van der Waals surface area contributed by atoms with Crippen molar-refractivity contribution in [3.8, 4) is 44.5 Å². The van der Waals surface area contributed by atoms with E-state index in [1.54, 1.807) is 0 Å². The Labute approximate surface area is 317 Å². The van der Waals surface area contributed by atoms with Crippen LogP contribution in [0.4, 0.5) is 0 Å². The summed E-state index contributed by atoms with van der Waals surface area (Å²) >= 11 is 0. The predicted octanol–water partition coefficient (Wildman–Crippen LogP) is 15.1. The van der Waals surface area contributed by atoms with E-state index < -0.39 is 0 Å². The van der Waals surface area contributed by atoms with Gasteiger partial charge in [0.1, 0.15) is 22.3 Å². The van der Waals surface area contributed by atoms with Crippen molar-refractivity contribution in [3.63, 3.8) is 0 Å². The van der Waals surface area contributed by atoms with Crippen LogP contribution in [0.1, 0.15) is 25.0 Å². The minimum atomic E-state index is -0.0774. The Hall–Kier alpha value is -6.90. The van der Waals surface area contributed by atoms with Crippen LogP contribution in [0.2, 0.25) is 0 Å². The van der Waals surface area contributed by atoms with Gasteiger partial charge in [-0.15, -0.1) is 0 Å². The van der Waals surface area contributed by atoms with Crippen molar-refractivity contribution < 1.29 is 8.83 Å². The molecule has 0 aliphatic heterocycles. The highest BCUT2D eigenvalue weighted by Crippen LogP contribution is 2.51. The van der Waals surface area contributed by atoms with Gasteiger partial charge in [0.25, 0.3) is 0 Å². The molecule has 2 heterocycles. The van der Waals surface area contributed by atoms with Crippen molar-refractivity contribution in [2.45, 2.75) is 19.3 Å². The second-order valence-electron chi connectivity index (χ2n) is 15.6. The number of hydrogen-bond donors (Lipinski definition) is 0. The summed E-state index contributed by atoms with van der Waals surface area (Å²) in [7, 11) is 0. The number of rotatable bonds is 3. The molecule has 0 unspecified atom stereocenters. The molecule has 2 nitrogen and oxygen atoms in total. The molecule has 1 aliphatic carbocycles. The fraction of sp³-hybridized carbons (Fsp3) is 0.0566. The minimum Gasteiger partial charge on any atom is -0.456 e. The van der Waals surface area contributed by atoms with Crippen molar-refractivity contribution >= 4 is 65.4 Å². The van der Waals surface area contributed by atoms with Gasteiger partial charge in [-0.1, -0.05) is 135 Å². The molecule has 0 amide bonds. The highest BCUT2D eigenvalue weighted by atomic mass is 16.3. The molecule has 12 rings (SSSR count). The third kappa shape index (κ3) is 4.31. The molecule has 0 spiro atoms. The van der Waals surface area contributed by atoms with E-state index in [0.717, 1.165) is 43.9 Å². The third-order valence-corrected chi connectivity index (χ3v) is 12.3. The molecule has 9 aromatic carbocycles. The Balaban J connectivity index is 1.16. The zero-order valence-electron chi connectivity index (χ0n) is 30.5. The Morgan fingerprint density at radius 2 is 0.745 bits per heavy atom. The van der Waals surface area contributed by atoms with Gasteiger partial charge in [-0.05, 0) is 126 Å². The first kappa shape index (κ1) is 30.6. The Bertz CT molecular complexity index is 3410. The van der Waals surface area contributed by atoms with Crippen molar-refractivity contribution in [2.75, 3.05) is 0 Å². The topological polar surface area (TPSA) is 26.3 Å². The van der Waals surface area contributed by atoms with E-state index in [1.165, 1.54) is 77.2 Å². The van der Waals surface area contributed by atoms with E-state index in [0.29, 0.717) is 0 Å². The van der Waals surface area contributed by atoms with Crippen molar-refractivity contribution in [1.82, 2.24) is 0 Å². The summed E-state index contributed by atoms with van der Waals surface area (Å²) in [6.45, 7) is 4.71.